The van der Waals surface area contributed by atoms with Crippen LogP contribution in [0.3, 0.4) is 0 Å². The van der Waals surface area contributed by atoms with Crippen molar-refractivity contribution in [2.45, 2.75) is 4.90 Å². The molecule has 0 atom stereocenters. The second-order valence-corrected chi connectivity index (χ2v) is 8.16. The van der Waals surface area contributed by atoms with Crippen molar-refractivity contribution in [3.63, 3.8) is 0 Å². The van der Waals surface area contributed by atoms with Gasteiger partial charge in [0.1, 0.15) is 10.6 Å². The fourth-order valence-electron chi connectivity index (χ4n) is 2.46. The molecule has 3 aromatic rings. The first kappa shape index (κ1) is 18.7. The van der Waals surface area contributed by atoms with Gasteiger partial charge < -0.3 is 4.74 Å². The first-order chi connectivity index (χ1) is 12.4. The first-order valence-electron chi connectivity index (χ1n) is 7.34. The predicted molar refractivity (Wildman–Crippen MR) is 102 cm³/mol. The Bertz CT molecular complexity index is 1200. The van der Waals surface area contributed by atoms with Crippen molar-refractivity contribution in [1.29, 1.82) is 0 Å². The largest absolute Gasteiger partial charge is 0.491 e. The third-order valence-corrected chi connectivity index (χ3v) is 5.83. The second kappa shape index (κ2) is 7.26. The molecule has 0 aliphatic rings. The average molecular weight is 460 g/mol. The molecule has 0 bridgehead atoms. The van der Waals surface area contributed by atoms with Crippen LogP contribution in [0.5, 0.6) is 5.75 Å². The molecular weight excluding hydrogens is 448 g/mol. The Kier molecular flexibility index (Phi) is 5.22. The van der Waals surface area contributed by atoms with Gasteiger partial charge >= 0.3 is 5.69 Å². The molecule has 0 saturated carbocycles. The Morgan fingerprint density at radius 1 is 1.15 bits per heavy atom. The SMILES string of the molecule is O=c1[nH]c(=O)n(S(=O)(=O)c2ccccc2OCCBr)c2cc(Cl)ccc12. The van der Waals surface area contributed by atoms with E-state index in [0.29, 0.717) is 9.30 Å². The van der Waals surface area contributed by atoms with Crippen molar-refractivity contribution in [2.24, 2.45) is 0 Å². The number of alkyl halides is 1. The van der Waals surface area contributed by atoms with E-state index in [0.717, 1.165) is 0 Å². The highest BCUT2D eigenvalue weighted by molar-refractivity contribution is 9.09. The van der Waals surface area contributed by atoms with E-state index in [9.17, 15) is 18.0 Å². The van der Waals surface area contributed by atoms with E-state index in [-0.39, 0.29) is 33.2 Å². The van der Waals surface area contributed by atoms with Crippen molar-refractivity contribution in [2.75, 3.05) is 11.9 Å². The summed E-state index contributed by atoms with van der Waals surface area (Å²) in [6.45, 7) is 0.236. The van der Waals surface area contributed by atoms with Crippen LogP contribution < -0.4 is 16.0 Å². The maximum atomic E-state index is 13.2. The number of hydrogen-bond donors (Lipinski definition) is 1. The Hall–Kier alpha value is -2.10. The maximum absolute atomic E-state index is 13.2. The van der Waals surface area contributed by atoms with Crippen molar-refractivity contribution in [3.05, 3.63) is 68.3 Å². The number of aromatic amines is 1. The lowest BCUT2D eigenvalue weighted by molar-refractivity contribution is 0.335. The fraction of sp³-hybridized carbons (Fsp3) is 0.125. The van der Waals surface area contributed by atoms with Crippen molar-refractivity contribution in [1.82, 2.24) is 8.96 Å². The van der Waals surface area contributed by atoms with E-state index in [1.807, 2.05) is 4.98 Å². The number of rotatable bonds is 5. The predicted octanol–water partition coefficient (Wildman–Crippen LogP) is 2.35. The summed E-state index contributed by atoms with van der Waals surface area (Å²) in [7, 11) is -4.36. The summed E-state index contributed by atoms with van der Waals surface area (Å²) in [5.74, 6) is 0.0974. The highest BCUT2D eigenvalue weighted by atomic mass is 79.9. The minimum absolute atomic E-state index is 0.0245. The van der Waals surface area contributed by atoms with Crippen LogP contribution in [0, 0.1) is 0 Å². The highest BCUT2D eigenvalue weighted by Gasteiger charge is 2.26. The van der Waals surface area contributed by atoms with Gasteiger partial charge in [-0.2, -0.15) is 3.97 Å². The number of halogens is 2. The van der Waals surface area contributed by atoms with Gasteiger partial charge in [0.05, 0.1) is 17.5 Å². The van der Waals surface area contributed by atoms with Gasteiger partial charge in [-0.25, -0.2) is 13.2 Å². The monoisotopic (exact) mass is 458 g/mol. The summed E-state index contributed by atoms with van der Waals surface area (Å²) >= 11 is 9.14. The third kappa shape index (κ3) is 3.29. The molecule has 2 aromatic carbocycles. The fourth-order valence-corrected chi connectivity index (χ4v) is 4.29. The van der Waals surface area contributed by atoms with Gasteiger partial charge in [0.25, 0.3) is 15.6 Å². The number of aromatic nitrogens is 2. The summed E-state index contributed by atoms with van der Waals surface area (Å²) in [6.07, 6.45) is 0. The number of H-pyrrole nitrogens is 1. The zero-order valence-electron chi connectivity index (χ0n) is 13.1. The molecule has 136 valence electrons. The van der Waals surface area contributed by atoms with Crippen LogP contribution in [-0.2, 0) is 10.0 Å². The van der Waals surface area contributed by atoms with Crippen LogP contribution in [0.2, 0.25) is 5.02 Å². The van der Waals surface area contributed by atoms with Crippen molar-refractivity contribution < 1.29 is 13.2 Å². The number of hydrogen-bond acceptors (Lipinski definition) is 5. The van der Waals surface area contributed by atoms with E-state index in [1.54, 1.807) is 6.07 Å². The smallest absolute Gasteiger partial charge is 0.343 e. The molecule has 0 fully saturated rings. The Morgan fingerprint density at radius 2 is 1.88 bits per heavy atom. The van der Waals surface area contributed by atoms with Crippen molar-refractivity contribution in [3.8, 4) is 5.75 Å². The normalized spacial score (nSPS) is 11.6. The summed E-state index contributed by atoms with van der Waals surface area (Å²) in [5.41, 5.74) is -1.89. The van der Waals surface area contributed by atoms with Crippen LogP contribution in [0.15, 0.2) is 56.9 Å². The number of nitrogens with zero attached hydrogens (tertiary/aromatic N) is 1. The molecule has 1 aromatic heterocycles. The molecule has 3 rings (SSSR count). The molecule has 0 unspecified atom stereocenters. The summed E-state index contributed by atoms with van der Waals surface area (Å²) in [4.78, 5) is 26.2. The van der Waals surface area contributed by atoms with E-state index < -0.39 is 21.3 Å². The zero-order valence-corrected chi connectivity index (χ0v) is 16.3. The lowest BCUT2D eigenvalue weighted by Crippen LogP contribution is -2.34. The van der Waals surface area contributed by atoms with Gasteiger partial charge in [-0.05, 0) is 30.3 Å². The minimum Gasteiger partial charge on any atom is -0.491 e. The van der Waals surface area contributed by atoms with E-state index >= 15 is 0 Å². The molecule has 0 saturated heterocycles. The molecule has 1 N–H and O–H groups in total. The van der Waals surface area contributed by atoms with E-state index in [4.69, 9.17) is 16.3 Å². The lowest BCUT2D eigenvalue weighted by Gasteiger charge is -2.14. The molecule has 0 aliphatic heterocycles. The molecule has 1 heterocycles. The topological polar surface area (TPSA) is 98.2 Å². The van der Waals surface area contributed by atoms with Crippen LogP contribution >= 0.6 is 27.5 Å². The molecule has 0 spiro atoms. The third-order valence-electron chi connectivity index (χ3n) is 3.53. The van der Waals surface area contributed by atoms with Gasteiger partial charge in [-0.1, -0.05) is 39.7 Å². The molecule has 0 amide bonds. The quantitative estimate of drug-likeness (QED) is 0.591. The summed E-state index contributed by atoms with van der Waals surface area (Å²) in [5, 5.41) is 0.713. The zero-order chi connectivity index (χ0) is 18.9. The number of fused-ring (bicyclic) bond motifs is 1. The van der Waals surface area contributed by atoms with Gasteiger partial charge in [-0.3, -0.25) is 9.78 Å². The summed E-state index contributed by atoms with van der Waals surface area (Å²) in [6, 6.07) is 10.00. The first-order valence-corrected chi connectivity index (χ1v) is 10.3. The molecule has 10 heteroatoms. The Morgan fingerprint density at radius 3 is 2.62 bits per heavy atom. The standard InChI is InChI=1S/C16H12BrClN2O5S/c17-7-8-25-13-3-1-2-4-14(13)26(23,24)20-12-9-10(18)5-6-11(12)15(21)19-16(20)22/h1-6,9H,7-8H2,(H,19,21,22). The van der Waals surface area contributed by atoms with Crippen LogP contribution in [0.25, 0.3) is 10.9 Å². The van der Waals surface area contributed by atoms with Crippen LogP contribution in [0.4, 0.5) is 0 Å². The molecular formula is C16H12BrClN2O5S. The lowest BCUT2D eigenvalue weighted by atomic mass is 10.2. The highest BCUT2D eigenvalue weighted by Crippen LogP contribution is 2.27. The number of ether oxygens (including phenoxy) is 1. The molecule has 0 radical (unpaired) electrons. The molecule has 0 aliphatic carbocycles. The Balaban J connectivity index is 2.35. The van der Waals surface area contributed by atoms with E-state index in [2.05, 4.69) is 15.9 Å². The van der Waals surface area contributed by atoms with Gasteiger partial charge in [0, 0.05) is 10.4 Å². The maximum Gasteiger partial charge on any atom is 0.343 e. The molecule has 26 heavy (non-hydrogen) atoms. The average Bonchev–Trinajstić information content (AvgIpc) is 2.59. The minimum atomic E-state index is -4.36. The second-order valence-electron chi connectivity index (χ2n) is 5.17. The number of nitrogens with one attached hydrogen (secondary N) is 1. The van der Waals surface area contributed by atoms with Crippen LogP contribution in [-0.4, -0.2) is 29.3 Å². The number of para-hydroxylation sites is 1. The van der Waals surface area contributed by atoms with Crippen LogP contribution in [0.1, 0.15) is 0 Å². The van der Waals surface area contributed by atoms with Crippen molar-refractivity contribution >= 4 is 48.5 Å². The van der Waals surface area contributed by atoms with E-state index in [1.165, 1.54) is 36.4 Å². The Labute approximate surface area is 161 Å². The van der Waals surface area contributed by atoms with Gasteiger partial charge in [0.2, 0.25) is 0 Å². The van der Waals surface area contributed by atoms with Gasteiger partial charge in [-0.15, -0.1) is 0 Å². The molecule has 7 nitrogen and oxygen atoms in total. The van der Waals surface area contributed by atoms with Gasteiger partial charge in [0.15, 0.2) is 0 Å². The summed E-state index contributed by atoms with van der Waals surface area (Å²) < 4.78 is 32.3. The number of benzene rings is 2.